The molecule has 0 saturated heterocycles. The number of aliphatic hydroxyl groups is 1. The van der Waals surface area contributed by atoms with Gasteiger partial charge in [-0.05, 0) is 48.2 Å². The third-order valence-electron chi connectivity index (χ3n) is 3.89. The standard InChI is InChI=1S/C16H13BrF2O/c17-12-5-4-11-9-16(20,7-6-10(11)8-12)15-13(18)2-1-3-14(15)19/h1-5,8,20H,6-7,9H2. The van der Waals surface area contributed by atoms with Gasteiger partial charge in [-0.3, -0.25) is 0 Å². The molecule has 0 radical (unpaired) electrons. The third-order valence-corrected chi connectivity index (χ3v) is 4.38. The molecule has 1 atom stereocenters. The van der Waals surface area contributed by atoms with Crippen LogP contribution in [0.1, 0.15) is 23.1 Å². The maximum atomic E-state index is 13.9. The van der Waals surface area contributed by atoms with Crippen LogP contribution in [0.5, 0.6) is 0 Å². The molecule has 1 aliphatic rings. The van der Waals surface area contributed by atoms with Crippen LogP contribution in [0, 0.1) is 11.6 Å². The highest BCUT2D eigenvalue weighted by atomic mass is 79.9. The number of benzene rings is 2. The van der Waals surface area contributed by atoms with Gasteiger partial charge in [0.2, 0.25) is 0 Å². The van der Waals surface area contributed by atoms with Gasteiger partial charge in [0, 0.05) is 10.9 Å². The van der Waals surface area contributed by atoms with Gasteiger partial charge >= 0.3 is 0 Å². The molecule has 1 aliphatic carbocycles. The summed E-state index contributed by atoms with van der Waals surface area (Å²) in [5.41, 5.74) is 0.356. The maximum absolute atomic E-state index is 13.9. The number of hydrogen-bond acceptors (Lipinski definition) is 1. The zero-order chi connectivity index (χ0) is 14.3. The number of hydrogen-bond donors (Lipinski definition) is 1. The minimum atomic E-state index is -1.48. The molecule has 1 N–H and O–H groups in total. The monoisotopic (exact) mass is 338 g/mol. The van der Waals surface area contributed by atoms with Crippen molar-refractivity contribution in [1.82, 2.24) is 0 Å². The molecule has 0 heterocycles. The van der Waals surface area contributed by atoms with E-state index in [2.05, 4.69) is 15.9 Å². The number of aryl methyl sites for hydroxylation is 1. The SMILES string of the molecule is OC1(c2c(F)cccc2F)CCc2cc(Br)ccc2C1. The van der Waals surface area contributed by atoms with E-state index in [1.807, 2.05) is 18.2 Å². The molecule has 2 aromatic rings. The van der Waals surface area contributed by atoms with Crippen LogP contribution >= 0.6 is 15.9 Å². The lowest BCUT2D eigenvalue weighted by molar-refractivity contribution is 0.0152. The van der Waals surface area contributed by atoms with E-state index in [1.165, 1.54) is 18.2 Å². The molecule has 1 nitrogen and oxygen atoms in total. The van der Waals surface area contributed by atoms with E-state index in [9.17, 15) is 13.9 Å². The molecular formula is C16H13BrF2O. The minimum Gasteiger partial charge on any atom is -0.385 e. The molecule has 3 rings (SSSR count). The number of fused-ring (bicyclic) bond motifs is 1. The molecular weight excluding hydrogens is 326 g/mol. The molecule has 0 fully saturated rings. The molecule has 0 aromatic heterocycles. The van der Waals surface area contributed by atoms with E-state index in [4.69, 9.17) is 0 Å². The average molecular weight is 339 g/mol. The van der Waals surface area contributed by atoms with Crippen molar-refractivity contribution < 1.29 is 13.9 Å². The topological polar surface area (TPSA) is 20.2 Å². The van der Waals surface area contributed by atoms with Gasteiger partial charge in [-0.25, -0.2) is 8.78 Å². The van der Waals surface area contributed by atoms with Gasteiger partial charge < -0.3 is 5.11 Å². The van der Waals surface area contributed by atoms with Crippen LogP contribution in [0.4, 0.5) is 8.78 Å². The summed E-state index contributed by atoms with van der Waals surface area (Å²) in [6.45, 7) is 0. The summed E-state index contributed by atoms with van der Waals surface area (Å²) in [5.74, 6) is -1.37. The van der Waals surface area contributed by atoms with Crippen molar-refractivity contribution in [2.75, 3.05) is 0 Å². The van der Waals surface area contributed by atoms with Crippen LogP contribution in [0.25, 0.3) is 0 Å². The zero-order valence-electron chi connectivity index (χ0n) is 10.7. The number of rotatable bonds is 1. The molecule has 0 aliphatic heterocycles. The molecule has 0 amide bonds. The van der Waals surface area contributed by atoms with E-state index in [0.717, 1.165) is 15.6 Å². The van der Waals surface area contributed by atoms with Crippen molar-refractivity contribution >= 4 is 15.9 Å². The lowest BCUT2D eigenvalue weighted by Crippen LogP contribution is -2.35. The van der Waals surface area contributed by atoms with E-state index >= 15 is 0 Å². The predicted molar refractivity (Wildman–Crippen MR) is 76.4 cm³/mol. The Hall–Kier alpha value is -1.26. The Balaban J connectivity index is 2.05. The van der Waals surface area contributed by atoms with Gasteiger partial charge in [-0.1, -0.05) is 28.1 Å². The Kier molecular flexibility index (Phi) is 3.38. The van der Waals surface area contributed by atoms with Gasteiger partial charge in [0.1, 0.15) is 11.6 Å². The lowest BCUT2D eigenvalue weighted by atomic mass is 9.76. The summed E-state index contributed by atoms with van der Waals surface area (Å²) in [7, 11) is 0. The molecule has 4 heteroatoms. The molecule has 0 saturated carbocycles. The largest absolute Gasteiger partial charge is 0.385 e. The van der Waals surface area contributed by atoms with Crippen LogP contribution in [0.3, 0.4) is 0 Å². The molecule has 0 bridgehead atoms. The van der Waals surface area contributed by atoms with Gasteiger partial charge in [-0.2, -0.15) is 0 Å². The van der Waals surface area contributed by atoms with Crippen molar-refractivity contribution in [2.24, 2.45) is 0 Å². The first kappa shape index (κ1) is 13.7. The fourth-order valence-electron chi connectivity index (χ4n) is 2.90. The Morgan fingerprint density at radius 2 is 1.75 bits per heavy atom. The minimum absolute atomic E-state index is 0.214. The van der Waals surface area contributed by atoms with Crippen LogP contribution < -0.4 is 0 Å². The van der Waals surface area contributed by atoms with Crippen molar-refractivity contribution in [3.05, 3.63) is 69.2 Å². The summed E-state index contributed by atoms with van der Waals surface area (Å²) in [5, 5.41) is 10.7. The first-order chi connectivity index (χ1) is 9.49. The summed E-state index contributed by atoms with van der Waals surface area (Å²) in [6.07, 6.45) is 1.14. The molecule has 0 spiro atoms. The van der Waals surface area contributed by atoms with Crippen molar-refractivity contribution in [3.8, 4) is 0 Å². The third kappa shape index (κ3) is 2.27. The predicted octanol–water partition coefficient (Wildman–Crippen LogP) is 4.10. The van der Waals surface area contributed by atoms with Crippen LogP contribution in [-0.2, 0) is 18.4 Å². The fourth-order valence-corrected chi connectivity index (χ4v) is 3.31. The van der Waals surface area contributed by atoms with E-state index < -0.39 is 17.2 Å². The second kappa shape index (κ2) is 4.93. The smallest absolute Gasteiger partial charge is 0.132 e. The molecule has 104 valence electrons. The van der Waals surface area contributed by atoms with Crippen LogP contribution in [0.2, 0.25) is 0 Å². The summed E-state index contributed by atoms with van der Waals surface area (Å²) >= 11 is 3.40. The fraction of sp³-hybridized carbons (Fsp3) is 0.250. The lowest BCUT2D eigenvalue weighted by Gasteiger charge is -2.34. The van der Waals surface area contributed by atoms with Gasteiger partial charge in [0.15, 0.2) is 0 Å². The normalized spacial score (nSPS) is 21.6. The highest BCUT2D eigenvalue weighted by Crippen LogP contribution is 2.39. The summed E-state index contributed by atoms with van der Waals surface area (Å²) in [6, 6.07) is 9.45. The van der Waals surface area contributed by atoms with E-state index in [-0.39, 0.29) is 12.0 Å². The highest BCUT2D eigenvalue weighted by Gasteiger charge is 2.38. The van der Waals surface area contributed by atoms with Crippen molar-refractivity contribution in [3.63, 3.8) is 0 Å². The first-order valence-corrected chi connectivity index (χ1v) is 7.23. The van der Waals surface area contributed by atoms with Crippen molar-refractivity contribution in [1.29, 1.82) is 0 Å². The molecule has 1 unspecified atom stereocenters. The number of halogens is 3. The van der Waals surface area contributed by atoms with E-state index in [1.54, 1.807) is 0 Å². The Morgan fingerprint density at radius 3 is 2.45 bits per heavy atom. The van der Waals surface area contributed by atoms with Crippen LogP contribution in [-0.4, -0.2) is 5.11 Å². The van der Waals surface area contributed by atoms with Gasteiger partial charge in [-0.15, -0.1) is 0 Å². The zero-order valence-corrected chi connectivity index (χ0v) is 12.3. The quantitative estimate of drug-likeness (QED) is 0.829. The average Bonchev–Trinajstić information content (AvgIpc) is 2.39. The second-order valence-corrected chi connectivity index (χ2v) is 6.13. The molecule has 2 aromatic carbocycles. The van der Waals surface area contributed by atoms with Crippen molar-refractivity contribution in [2.45, 2.75) is 24.9 Å². The molecule has 20 heavy (non-hydrogen) atoms. The van der Waals surface area contributed by atoms with E-state index in [0.29, 0.717) is 12.8 Å². The summed E-state index contributed by atoms with van der Waals surface area (Å²) < 4.78 is 28.8. The second-order valence-electron chi connectivity index (χ2n) is 5.22. The maximum Gasteiger partial charge on any atom is 0.132 e. The van der Waals surface area contributed by atoms with Gasteiger partial charge in [0.25, 0.3) is 0 Å². The first-order valence-electron chi connectivity index (χ1n) is 6.44. The highest BCUT2D eigenvalue weighted by molar-refractivity contribution is 9.10. The Labute approximate surface area is 124 Å². The Morgan fingerprint density at radius 1 is 1.05 bits per heavy atom. The summed E-state index contributed by atoms with van der Waals surface area (Å²) in [4.78, 5) is 0. The van der Waals surface area contributed by atoms with Gasteiger partial charge in [0.05, 0.1) is 11.2 Å². The van der Waals surface area contributed by atoms with Crippen LogP contribution in [0.15, 0.2) is 40.9 Å². The Bertz CT molecular complexity index is 651.